The summed E-state index contributed by atoms with van der Waals surface area (Å²) in [5.74, 6) is 2.24. The second-order valence-corrected chi connectivity index (χ2v) is 5.90. The lowest BCUT2D eigenvalue weighted by atomic mass is 10.2. The summed E-state index contributed by atoms with van der Waals surface area (Å²) < 4.78 is 5.28. The van der Waals surface area contributed by atoms with E-state index in [-0.39, 0.29) is 0 Å². The Morgan fingerprint density at radius 1 is 1.35 bits per heavy atom. The van der Waals surface area contributed by atoms with Gasteiger partial charge >= 0.3 is 0 Å². The van der Waals surface area contributed by atoms with E-state index in [1.54, 1.807) is 11.8 Å². The molecule has 0 radical (unpaired) electrons. The Labute approximate surface area is 124 Å². The van der Waals surface area contributed by atoms with Gasteiger partial charge in [0.1, 0.15) is 0 Å². The highest BCUT2D eigenvalue weighted by molar-refractivity contribution is 7.98. The average molecular weight is 291 g/mol. The third-order valence-corrected chi connectivity index (χ3v) is 4.42. The summed E-state index contributed by atoms with van der Waals surface area (Å²) in [5, 5.41) is 7.24. The summed E-state index contributed by atoms with van der Waals surface area (Å²) in [4.78, 5) is 5.70. The van der Waals surface area contributed by atoms with Crippen LogP contribution in [0.15, 0.2) is 33.7 Å². The van der Waals surface area contributed by atoms with Gasteiger partial charge in [-0.05, 0) is 38.9 Å². The van der Waals surface area contributed by atoms with E-state index in [0.29, 0.717) is 6.04 Å². The Bertz CT molecular complexity index is 541. The van der Waals surface area contributed by atoms with Gasteiger partial charge in [-0.3, -0.25) is 0 Å². The van der Waals surface area contributed by atoms with Crippen LogP contribution in [0.5, 0.6) is 0 Å². The van der Waals surface area contributed by atoms with Crippen molar-refractivity contribution >= 4 is 11.8 Å². The molecule has 2 aromatic rings. The molecule has 20 heavy (non-hydrogen) atoms. The lowest BCUT2D eigenvalue weighted by Gasteiger charge is -2.06. The van der Waals surface area contributed by atoms with Crippen LogP contribution in [-0.2, 0) is 12.2 Å². The molecule has 0 spiro atoms. The minimum absolute atomic E-state index is 0.465. The highest BCUT2D eigenvalue weighted by Gasteiger charge is 2.09. The Hall–Kier alpha value is -1.33. The number of hydrogen-bond acceptors (Lipinski definition) is 5. The third kappa shape index (κ3) is 4.35. The molecular weight excluding hydrogens is 270 g/mol. The van der Waals surface area contributed by atoms with Crippen molar-refractivity contribution in [1.82, 2.24) is 15.5 Å². The zero-order valence-electron chi connectivity index (χ0n) is 12.2. The molecular formula is C15H21N3OS. The number of aryl methyl sites for hydroxylation is 2. The van der Waals surface area contributed by atoms with E-state index in [4.69, 9.17) is 4.52 Å². The molecule has 1 unspecified atom stereocenters. The molecule has 0 aliphatic heterocycles. The molecule has 4 nitrogen and oxygen atoms in total. The predicted octanol–water partition coefficient (Wildman–Crippen LogP) is 3.21. The van der Waals surface area contributed by atoms with E-state index < -0.39 is 0 Å². The normalized spacial score (nSPS) is 12.6. The van der Waals surface area contributed by atoms with Gasteiger partial charge < -0.3 is 9.84 Å². The monoisotopic (exact) mass is 291 g/mol. The Morgan fingerprint density at radius 2 is 2.15 bits per heavy atom. The summed E-state index contributed by atoms with van der Waals surface area (Å²) in [6.45, 7) is 4.26. The van der Waals surface area contributed by atoms with Gasteiger partial charge in [-0.2, -0.15) is 4.98 Å². The molecule has 108 valence electrons. The minimum atomic E-state index is 0.465. The molecule has 0 saturated carbocycles. The highest BCUT2D eigenvalue weighted by atomic mass is 32.2. The molecule has 0 aliphatic carbocycles. The van der Waals surface area contributed by atoms with Crippen LogP contribution >= 0.6 is 11.8 Å². The van der Waals surface area contributed by atoms with Crippen LogP contribution in [0, 0.1) is 6.92 Å². The van der Waals surface area contributed by atoms with Crippen molar-refractivity contribution in [3.63, 3.8) is 0 Å². The van der Waals surface area contributed by atoms with Crippen molar-refractivity contribution in [3.8, 4) is 0 Å². The first-order valence-corrected chi connectivity index (χ1v) is 7.84. The highest BCUT2D eigenvalue weighted by Crippen LogP contribution is 2.24. The SMILES string of the molecule is CNC(C)CCc1nc(CSc2ccccc2C)no1. The standard InChI is InChI=1S/C15H21N3OS/c1-11-6-4-5-7-13(11)20-10-14-17-15(19-18-14)9-8-12(2)16-3/h4-7,12,16H,8-10H2,1-3H3. The largest absolute Gasteiger partial charge is 0.339 e. The summed E-state index contributed by atoms with van der Waals surface area (Å²) in [6.07, 6.45) is 1.83. The van der Waals surface area contributed by atoms with Crippen molar-refractivity contribution in [2.75, 3.05) is 7.05 Å². The fourth-order valence-corrected chi connectivity index (χ4v) is 2.67. The first kappa shape index (κ1) is 15.1. The Morgan fingerprint density at radius 3 is 2.90 bits per heavy atom. The molecule has 0 bridgehead atoms. The van der Waals surface area contributed by atoms with Crippen molar-refractivity contribution in [3.05, 3.63) is 41.5 Å². The number of benzene rings is 1. The molecule has 1 heterocycles. The van der Waals surface area contributed by atoms with Gasteiger partial charge in [0.15, 0.2) is 5.82 Å². The van der Waals surface area contributed by atoms with Gasteiger partial charge in [0.05, 0.1) is 5.75 Å². The van der Waals surface area contributed by atoms with Gasteiger partial charge in [0, 0.05) is 17.4 Å². The fraction of sp³-hybridized carbons (Fsp3) is 0.467. The van der Waals surface area contributed by atoms with E-state index in [9.17, 15) is 0 Å². The van der Waals surface area contributed by atoms with Gasteiger partial charge in [-0.15, -0.1) is 11.8 Å². The van der Waals surface area contributed by atoms with E-state index in [1.165, 1.54) is 10.5 Å². The molecule has 1 aromatic heterocycles. The molecule has 1 aromatic carbocycles. The fourth-order valence-electron chi connectivity index (χ4n) is 1.80. The average Bonchev–Trinajstić information content (AvgIpc) is 2.92. The molecule has 1 N–H and O–H groups in total. The maximum Gasteiger partial charge on any atom is 0.226 e. The Balaban J connectivity index is 1.85. The van der Waals surface area contributed by atoms with Crippen LogP contribution in [0.4, 0.5) is 0 Å². The summed E-state index contributed by atoms with van der Waals surface area (Å²) in [7, 11) is 1.96. The van der Waals surface area contributed by atoms with Gasteiger partial charge in [0.25, 0.3) is 0 Å². The predicted molar refractivity (Wildman–Crippen MR) is 81.9 cm³/mol. The first-order chi connectivity index (χ1) is 9.69. The lowest BCUT2D eigenvalue weighted by Crippen LogP contribution is -2.21. The minimum Gasteiger partial charge on any atom is -0.339 e. The number of nitrogens with zero attached hydrogens (tertiary/aromatic N) is 2. The van der Waals surface area contributed by atoms with Crippen LogP contribution in [0.1, 0.15) is 30.6 Å². The lowest BCUT2D eigenvalue weighted by molar-refractivity contribution is 0.365. The van der Waals surface area contributed by atoms with E-state index in [1.807, 2.05) is 7.05 Å². The molecule has 0 fully saturated rings. The second kappa shape index (κ2) is 7.45. The van der Waals surface area contributed by atoms with Crippen LogP contribution in [0.3, 0.4) is 0 Å². The number of aromatic nitrogens is 2. The van der Waals surface area contributed by atoms with Gasteiger partial charge in [0.2, 0.25) is 5.89 Å². The van der Waals surface area contributed by atoms with E-state index in [0.717, 1.165) is 30.3 Å². The quantitative estimate of drug-likeness (QED) is 0.794. The van der Waals surface area contributed by atoms with Crippen molar-refractivity contribution < 1.29 is 4.52 Å². The molecule has 0 saturated heterocycles. The van der Waals surface area contributed by atoms with Crippen LogP contribution in [0.25, 0.3) is 0 Å². The maximum atomic E-state index is 5.28. The number of nitrogens with one attached hydrogen (secondary N) is 1. The van der Waals surface area contributed by atoms with Crippen LogP contribution in [0.2, 0.25) is 0 Å². The third-order valence-electron chi connectivity index (χ3n) is 3.24. The molecule has 0 aliphatic rings. The van der Waals surface area contributed by atoms with E-state index in [2.05, 4.69) is 53.6 Å². The smallest absolute Gasteiger partial charge is 0.226 e. The zero-order valence-corrected chi connectivity index (χ0v) is 13.0. The first-order valence-electron chi connectivity index (χ1n) is 6.86. The summed E-state index contributed by atoms with van der Waals surface area (Å²) in [6, 6.07) is 8.80. The second-order valence-electron chi connectivity index (χ2n) is 4.89. The molecule has 1 atom stereocenters. The van der Waals surface area contributed by atoms with Gasteiger partial charge in [-0.25, -0.2) is 0 Å². The van der Waals surface area contributed by atoms with Crippen molar-refractivity contribution in [2.24, 2.45) is 0 Å². The summed E-state index contributed by atoms with van der Waals surface area (Å²) >= 11 is 1.75. The molecule has 0 amide bonds. The van der Waals surface area contributed by atoms with Gasteiger partial charge in [-0.1, -0.05) is 23.4 Å². The van der Waals surface area contributed by atoms with Crippen LogP contribution < -0.4 is 5.32 Å². The maximum absolute atomic E-state index is 5.28. The number of thioether (sulfide) groups is 1. The van der Waals surface area contributed by atoms with Crippen molar-refractivity contribution in [2.45, 2.75) is 43.4 Å². The summed E-state index contributed by atoms with van der Waals surface area (Å²) in [5.41, 5.74) is 1.28. The van der Waals surface area contributed by atoms with Crippen LogP contribution in [-0.4, -0.2) is 23.2 Å². The zero-order chi connectivity index (χ0) is 14.4. The molecule has 5 heteroatoms. The van der Waals surface area contributed by atoms with Crippen molar-refractivity contribution in [1.29, 1.82) is 0 Å². The Kier molecular flexibility index (Phi) is 5.61. The topological polar surface area (TPSA) is 51.0 Å². The van der Waals surface area contributed by atoms with E-state index >= 15 is 0 Å². The number of rotatable bonds is 7. The number of hydrogen-bond donors (Lipinski definition) is 1. The molecule has 2 rings (SSSR count).